The Balaban J connectivity index is 1.68. The third-order valence-electron chi connectivity index (χ3n) is 3.10. The van der Waals surface area contributed by atoms with Gasteiger partial charge < -0.3 is 10.1 Å². The van der Waals surface area contributed by atoms with E-state index in [-0.39, 0.29) is 31.3 Å². The minimum Gasteiger partial charge on any atom is -0.457 e. The maximum atomic E-state index is 11.8. The predicted molar refractivity (Wildman–Crippen MR) is 92.7 cm³/mol. The van der Waals surface area contributed by atoms with Gasteiger partial charge in [0.2, 0.25) is 5.78 Å². The molecule has 0 aliphatic carbocycles. The van der Waals surface area contributed by atoms with Crippen molar-refractivity contribution in [3.63, 3.8) is 0 Å². The second kappa shape index (κ2) is 8.61. The minimum atomic E-state index is -0.534. The SMILES string of the molecule is Cc1ccc(C(=O)COC(=O)CCNC(=O)c2ccc(Cl)cc2)s1. The molecule has 0 atom stereocenters. The van der Waals surface area contributed by atoms with E-state index >= 15 is 0 Å². The fourth-order valence-electron chi connectivity index (χ4n) is 1.86. The highest BCUT2D eigenvalue weighted by molar-refractivity contribution is 7.14. The molecule has 2 rings (SSSR count). The number of Topliss-reactive ketones (excluding diaryl/α,β-unsaturated/α-hetero) is 1. The topological polar surface area (TPSA) is 72.5 Å². The van der Waals surface area contributed by atoms with Gasteiger partial charge in [-0.1, -0.05) is 11.6 Å². The number of esters is 1. The molecule has 1 amide bonds. The molecule has 0 fully saturated rings. The van der Waals surface area contributed by atoms with Crippen molar-refractivity contribution < 1.29 is 19.1 Å². The lowest BCUT2D eigenvalue weighted by Gasteiger charge is -2.06. The van der Waals surface area contributed by atoms with Crippen LogP contribution in [0.1, 0.15) is 31.3 Å². The number of ketones is 1. The van der Waals surface area contributed by atoms with Gasteiger partial charge in [0.25, 0.3) is 5.91 Å². The smallest absolute Gasteiger partial charge is 0.308 e. The maximum Gasteiger partial charge on any atom is 0.308 e. The van der Waals surface area contributed by atoms with Crippen LogP contribution in [0.15, 0.2) is 36.4 Å². The van der Waals surface area contributed by atoms with Crippen molar-refractivity contribution in [2.24, 2.45) is 0 Å². The molecule has 0 saturated carbocycles. The number of ether oxygens (including phenoxy) is 1. The van der Waals surface area contributed by atoms with Crippen molar-refractivity contribution in [3.8, 4) is 0 Å². The number of carbonyl (C=O) groups excluding carboxylic acids is 3. The molecule has 0 aliphatic heterocycles. The third kappa shape index (κ3) is 5.47. The first-order valence-electron chi connectivity index (χ1n) is 7.25. The fraction of sp³-hybridized carbons (Fsp3) is 0.235. The van der Waals surface area contributed by atoms with Crippen LogP contribution in [0.25, 0.3) is 0 Å². The lowest BCUT2D eigenvalue weighted by atomic mass is 10.2. The summed E-state index contributed by atoms with van der Waals surface area (Å²) in [5.74, 6) is -1.07. The molecular formula is C17H16ClNO4S. The van der Waals surface area contributed by atoms with Crippen LogP contribution in [0.4, 0.5) is 0 Å². The average Bonchev–Trinajstić information content (AvgIpc) is 2.99. The van der Waals surface area contributed by atoms with Gasteiger partial charge in [-0.25, -0.2) is 0 Å². The molecule has 5 nitrogen and oxygen atoms in total. The molecule has 0 saturated heterocycles. The molecule has 1 N–H and O–H groups in total. The first-order valence-corrected chi connectivity index (χ1v) is 8.44. The molecule has 0 radical (unpaired) electrons. The number of amides is 1. The van der Waals surface area contributed by atoms with E-state index in [0.717, 1.165) is 4.88 Å². The zero-order chi connectivity index (χ0) is 17.5. The Morgan fingerprint density at radius 2 is 1.83 bits per heavy atom. The highest BCUT2D eigenvalue weighted by Gasteiger charge is 2.12. The van der Waals surface area contributed by atoms with Crippen LogP contribution >= 0.6 is 22.9 Å². The van der Waals surface area contributed by atoms with Crippen LogP contribution in [0, 0.1) is 6.92 Å². The van der Waals surface area contributed by atoms with E-state index in [2.05, 4.69) is 5.32 Å². The number of thiophene rings is 1. The number of hydrogen-bond acceptors (Lipinski definition) is 5. The predicted octanol–water partition coefficient (Wildman–Crippen LogP) is 3.26. The Labute approximate surface area is 148 Å². The molecule has 0 spiro atoms. The van der Waals surface area contributed by atoms with Crippen LogP contribution in [0.3, 0.4) is 0 Å². The van der Waals surface area contributed by atoms with Gasteiger partial charge >= 0.3 is 5.97 Å². The van der Waals surface area contributed by atoms with Gasteiger partial charge in [-0.15, -0.1) is 11.3 Å². The molecule has 24 heavy (non-hydrogen) atoms. The van der Waals surface area contributed by atoms with Crippen molar-refractivity contribution >= 4 is 40.6 Å². The second-order valence-electron chi connectivity index (χ2n) is 5.01. The van der Waals surface area contributed by atoms with E-state index in [9.17, 15) is 14.4 Å². The van der Waals surface area contributed by atoms with Gasteiger partial charge in [-0.2, -0.15) is 0 Å². The van der Waals surface area contributed by atoms with Gasteiger partial charge in [-0.3, -0.25) is 14.4 Å². The molecule has 126 valence electrons. The monoisotopic (exact) mass is 365 g/mol. The summed E-state index contributed by atoms with van der Waals surface area (Å²) in [5, 5.41) is 3.15. The van der Waals surface area contributed by atoms with Gasteiger partial charge in [0.15, 0.2) is 6.61 Å². The van der Waals surface area contributed by atoms with E-state index < -0.39 is 5.97 Å². The maximum absolute atomic E-state index is 11.8. The minimum absolute atomic E-state index is 0.00389. The molecule has 0 aliphatic rings. The third-order valence-corrected chi connectivity index (χ3v) is 4.39. The number of aryl methyl sites for hydroxylation is 1. The number of nitrogens with one attached hydrogen (secondary N) is 1. The molecule has 1 aromatic carbocycles. The van der Waals surface area contributed by atoms with E-state index in [1.807, 2.05) is 13.0 Å². The summed E-state index contributed by atoms with van der Waals surface area (Å²) in [5.41, 5.74) is 0.455. The lowest BCUT2D eigenvalue weighted by Crippen LogP contribution is -2.27. The summed E-state index contributed by atoms with van der Waals surface area (Å²) in [6, 6.07) is 9.97. The molecule has 0 unspecified atom stereocenters. The molecule has 1 heterocycles. The molecule has 0 bridgehead atoms. The van der Waals surface area contributed by atoms with Gasteiger partial charge in [0.1, 0.15) is 0 Å². The first-order chi connectivity index (χ1) is 11.5. The lowest BCUT2D eigenvalue weighted by molar-refractivity contribution is -0.142. The molecule has 7 heteroatoms. The van der Waals surface area contributed by atoms with Crippen LogP contribution in [-0.4, -0.2) is 30.8 Å². The van der Waals surface area contributed by atoms with Gasteiger partial charge in [0.05, 0.1) is 11.3 Å². The van der Waals surface area contributed by atoms with Crippen molar-refractivity contribution in [2.45, 2.75) is 13.3 Å². The highest BCUT2D eigenvalue weighted by Crippen LogP contribution is 2.15. The summed E-state index contributed by atoms with van der Waals surface area (Å²) in [4.78, 5) is 36.8. The summed E-state index contributed by atoms with van der Waals surface area (Å²) in [6.45, 7) is 1.74. The Bertz CT molecular complexity index is 739. The molecule has 2 aromatic rings. The number of benzene rings is 1. The summed E-state index contributed by atoms with van der Waals surface area (Å²) >= 11 is 7.11. The van der Waals surface area contributed by atoms with Crippen molar-refractivity contribution in [3.05, 3.63) is 56.7 Å². The Kier molecular flexibility index (Phi) is 6.52. The Hall–Kier alpha value is -2.18. The zero-order valence-electron chi connectivity index (χ0n) is 13.0. The first kappa shape index (κ1) is 18.2. The molecule has 1 aromatic heterocycles. The van der Waals surface area contributed by atoms with Crippen LogP contribution in [-0.2, 0) is 9.53 Å². The average molecular weight is 366 g/mol. The van der Waals surface area contributed by atoms with E-state index in [0.29, 0.717) is 15.5 Å². The molecular weight excluding hydrogens is 350 g/mol. The second-order valence-corrected chi connectivity index (χ2v) is 6.73. The normalized spacial score (nSPS) is 10.2. The van der Waals surface area contributed by atoms with E-state index in [4.69, 9.17) is 16.3 Å². The fourth-order valence-corrected chi connectivity index (χ4v) is 2.77. The van der Waals surface area contributed by atoms with Crippen LogP contribution in [0.2, 0.25) is 5.02 Å². The largest absolute Gasteiger partial charge is 0.457 e. The zero-order valence-corrected chi connectivity index (χ0v) is 14.6. The summed E-state index contributed by atoms with van der Waals surface area (Å²) in [7, 11) is 0. The van der Waals surface area contributed by atoms with Crippen LogP contribution in [0.5, 0.6) is 0 Å². The van der Waals surface area contributed by atoms with Crippen LogP contribution < -0.4 is 5.32 Å². The number of hydrogen-bond donors (Lipinski definition) is 1. The van der Waals surface area contributed by atoms with E-state index in [1.54, 1.807) is 30.3 Å². The van der Waals surface area contributed by atoms with Gasteiger partial charge in [-0.05, 0) is 43.3 Å². The highest BCUT2D eigenvalue weighted by atomic mass is 35.5. The standard InChI is InChI=1S/C17H16ClNO4S/c1-11-2-7-15(24-11)14(20)10-23-16(21)8-9-19-17(22)12-3-5-13(18)6-4-12/h2-7H,8-10H2,1H3,(H,19,22). The summed E-state index contributed by atoms with van der Waals surface area (Å²) in [6.07, 6.45) is -0.00389. The van der Waals surface area contributed by atoms with Crippen molar-refractivity contribution in [1.82, 2.24) is 5.32 Å². The van der Waals surface area contributed by atoms with Gasteiger partial charge in [0, 0.05) is 22.0 Å². The van der Waals surface area contributed by atoms with Crippen molar-refractivity contribution in [1.29, 1.82) is 0 Å². The summed E-state index contributed by atoms with van der Waals surface area (Å²) < 4.78 is 4.92. The number of halogens is 1. The Morgan fingerprint density at radius 3 is 2.46 bits per heavy atom. The number of rotatable bonds is 7. The van der Waals surface area contributed by atoms with E-state index in [1.165, 1.54) is 11.3 Å². The quantitative estimate of drug-likeness (QED) is 0.603. The van der Waals surface area contributed by atoms with Crippen molar-refractivity contribution in [2.75, 3.05) is 13.2 Å². The Morgan fingerprint density at radius 1 is 1.12 bits per heavy atom. The number of carbonyl (C=O) groups is 3.